The largest absolute Gasteiger partial charge is 0.377 e. The number of ether oxygens (including phenoxy) is 1. The minimum absolute atomic E-state index is 0.261. The summed E-state index contributed by atoms with van der Waals surface area (Å²) in [5, 5.41) is 23.0. The Bertz CT molecular complexity index is 1080. The molecule has 0 saturated heterocycles. The first kappa shape index (κ1) is 20.2. The number of halogens is 1. The molecular weight excluding hydrogens is 396 g/mol. The van der Waals surface area contributed by atoms with Crippen molar-refractivity contribution in [2.75, 3.05) is 17.7 Å². The maximum atomic E-state index is 12.5. The van der Waals surface area contributed by atoms with Crippen LogP contribution in [0, 0.1) is 18.3 Å². The predicted molar refractivity (Wildman–Crippen MR) is 106 cm³/mol. The van der Waals surface area contributed by atoms with Gasteiger partial charge in [0.15, 0.2) is 5.82 Å². The molecule has 0 aliphatic carbocycles. The number of pyridine rings is 2. The van der Waals surface area contributed by atoms with E-state index >= 15 is 0 Å². The Hall–Kier alpha value is -3.55. The zero-order valence-corrected chi connectivity index (χ0v) is 16.6. The Labute approximate surface area is 171 Å². The zero-order chi connectivity index (χ0) is 21.0. The number of hydrogen-bond donors (Lipinski definition) is 2. The molecule has 1 atom stereocenters. The monoisotopic (exact) mass is 412 g/mol. The van der Waals surface area contributed by atoms with Gasteiger partial charge in [0.1, 0.15) is 6.07 Å². The van der Waals surface area contributed by atoms with Gasteiger partial charge in [0.05, 0.1) is 58.5 Å². The molecule has 3 aromatic rings. The number of aromatic nitrogens is 5. The summed E-state index contributed by atoms with van der Waals surface area (Å²) < 4.78 is 5.35. The lowest BCUT2D eigenvalue weighted by Crippen LogP contribution is -2.22. The highest BCUT2D eigenvalue weighted by atomic mass is 35.5. The molecule has 0 fully saturated rings. The minimum Gasteiger partial charge on any atom is -0.377 e. The Morgan fingerprint density at radius 1 is 1.28 bits per heavy atom. The van der Waals surface area contributed by atoms with Gasteiger partial charge < -0.3 is 15.4 Å². The van der Waals surface area contributed by atoms with Crippen molar-refractivity contribution in [2.45, 2.75) is 20.0 Å². The maximum Gasteiger partial charge on any atom is 0.323 e. The first-order chi connectivity index (χ1) is 13.9. The molecule has 29 heavy (non-hydrogen) atoms. The van der Waals surface area contributed by atoms with E-state index in [1.807, 2.05) is 0 Å². The minimum atomic E-state index is -0.549. The number of rotatable bonds is 5. The normalized spacial score (nSPS) is 11.6. The van der Waals surface area contributed by atoms with Gasteiger partial charge in [-0.05, 0) is 19.9 Å². The van der Waals surface area contributed by atoms with Gasteiger partial charge in [0.25, 0.3) is 0 Å². The fourth-order valence-corrected chi connectivity index (χ4v) is 2.90. The Balaban J connectivity index is 1.81. The van der Waals surface area contributed by atoms with Gasteiger partial charge in [-0.1, -0.05) is 11.6 Å². The number of carbonyl (C=O) groups is 1. The van der Waals surface area contributed by atoms with Crippen molar-refractivity contribution in [3.63, 3.8) is 0 Å². The van der Waals surface area contributed by atoms with Crippen molar-refractivity contribution >= 4 is 29.0 Å². The Kier molecular flexibility index (Phi) is 6.01. The second-order valence-electron chi connectivity index (χ2n) is 5.96. The molecule has 1 unspecified atom stereocenters. The number of amides is 2. The van der Waals surface area contributed by atoms with Crippen LogP contribution in [-0.4, -0.2) is 38.1 Å². The van der Waals surface area contributed by atoms with Crippen LogP contribution in [0.4, 0.5) is 16.2 Å². The quantitative estimate of drug-likeness (QED) is 0.657. The van der Waals surface area contributed by atoms with Crippen LogP contribution in [0.1, 0.15) is 29.8 Å². The molecule has 10 nitrogen and oxygen atoms in total. The summed E-state index contributed by atoms with van der Waals surface area (Å²) in [5.41, 5.74) is 2.20. The maximum absolute atomic E-state index is 12.5. The van der Waals surface area contributed by atoms with Crippen molar-refractivity contribution in [3.05, 3.63) is 52.7 Å². The fraction of sp³-hybridized carbons (Fsp3) is 0.222. The van der Waals surface area contributed by atoms with E-state index in [0.29, 0.717) is 34.0 Å². The van der Waals surface area contributed by atoms with Crippen molar-refractivity contribution in [1.29, 1.82) is 5.26 Å². The van der Waals surface area contributed by atoms with Crippen LogP contribution in [0.15, 0.2) is 30.9 Å². The summed E-state index contributed by atoms with van der Waals surface area (Å²) in [6.07, 6.45) is 5.50. The van der Waals surface area contributed by atoms with Crippen LogP contribution in [0.2, 0.25) is 5.02 Å². The van der Waals surface area contributed by atoms with Gasteiger partial charge in [-0.3, -0.25) is 4.98 Å². The standard InChI is InChI=1S/C18H17ClN8O2/c1-10-13(7-20)16(11(2)29-3)15(9-21-10)26-18(28)25-12-6-14(19)17(22-8-12)27-23-4-5-24-27/h4-6,8-9,11H,1-3H3,(H2,25,26,28). The number of methoxy groups -OCH3 is 1. The van der Waals surface area contributed by atoms with Crippen LogP contribution < -0.4 is 10.6 Å². The Morgan fingerprint density at radius 3 is 2.62 bits per heavy atom. The molecule has 0 aliphatic heterocycles. The van der Waals surface area contributed by atoms with Crippen LogP contribution in [0.3, 0.4) is 0 Å². The molecule has 0 aromatic carbocycles. The van der Waals surface area contributed by atoms with E-state index in [9.17, 15) is 10.1 Å². The highest BCUT2D eigenvalue weighted by Gasteiger charge is 2.20. The van der Waals surface area contributed by atoms with Crippen LogP contribution in [0.5, 0.6) is 0 Å². The van der Waals surface area contributed by atoms with E-state index in [1.165, 1.54) is 42.8 Å². The van der Waals surface area contributed by atoms with Crippen molar-refractivity contribution in [3.8, 4) is 11.9 Å². The number of aryl methyl sites for hydroxylation is 1. The van der Waals surface area contributed by atoms with E-state index in [2.05, 4.69) is 36.9 Å². The average molecular weight is 413 g/mol. The van der Waals surface area contributed by atoms with Crippen molar-refractivity contribution in [2.24, 2.45) is 0 Å². The smallest absolute Gasteiger partial charge is 0.323 e. The third-order valence-corrected chi connectivity index (χ3v) is 4.39. The molecule has 3 heterocycles. The highest BCUT2D eigenvalue weighted by Crippen LogP contribution is 2.29. The molecule has 0 spiro atoms. The van der Waals surface area contributed by atoms with E-state index in [0.717, 1.165) is 0 Å². The number of anilines is 2. The molecule has 3 aromatic heterocycles. The topological polar surface area (TPSA) is 131 Å². The zero-order valence-electron chi connectivity index (χ0n) is 15.8. The van der Waals surface area contributed by atoms with E-state index < -0.39 is 12.1 Å². The molecule has 148 valence electrons. The Morgan fingerprint density at radius 2 is 2.00 bits per heavy atom. The molecule has 11 heteroatoms. The lowest BCUT2D eigenvalue weighted by Gasteiger charge is -2.18. The number of nitriles is 1. The van der Waals surface area contributed by atoms with E-state index in [1.54, 1.807) is 13.8 Å². The van der Waals surface area contributed by atoms with Crippen LogP contribution >= 0.6 is 11.6 Å². The van der Waals surface area contributed by atoms with Crippen molar-refractivity contribution < 1.29 is 9.53 Å². The molecule has 0 radical (unpaired) electrons. The first-order valence-electron chi connectivity index (χ1n) is 8.47. The lowest BCUT2D eigenvalue weighted by atomic mass is 10.0. The summed E-state index contributed by atoms with van der Waals surface area (Å²) in [6, 6.07) is 3.09. The third kappa shape index (κ3) is 4.31. The SMILES string of the molecule is COC(C)c1c(NC(=O)Nc2cnc(-n3nccn3)c(Cl)c2)cnc(C)c1C#N. The van der Waals surface area contributed by atoms with Gasteiger partial charge in [-0.2, -0.15) is 15.5 Å². The van der Waals surface area contributed by atoms with E-state index in [4.69, 9.17) is 16.3 Å². The summed E-state index contributed by atoms with van der Waals surface area (Å²) in [5.74, 6) is 0.334. The molecule has 2 N–H and O–H groups in total. The summed E-state index contributed by atoms with van der Waals surface area (Å²) >= 11 is 6.21. The third-order valence-electron chi connectivity index (χ3n) is 4.12. The highest BCUT2D eigenvalue weighted by molar-refractivity contribution is 6.32. The first-order valence-corrected chi connectivity index (χ1v) is 8.85. The number of nitrogens with zero attached hydrogens (tertiary/aromatic N) is 6. The average Bonchev–Trinajstić information content (AvgIpc) is 3.23. The van der Waals surface area contributed by atoms with Crippen LogP contribution in [-0.2, 0) is 4.74 Å². The predicted octanol–water partition coefficient (Wildman–Crippen LogP) is 3.24. The number of urea groups is 1. The summed E-state index contributed by atoms with van der Waals surface area (Å²) in [7, 11) is 1.52. The number of nitrogens with one attached hydrogen (secondary N) is 2. The number of carbonyl (C=O) groups excluding carboxylic acids is 1. The molecule has 3 rings (SSSR count). The van der Waals surface area contributed by atoms with Gasteiger partial charge in [-0.15, -0.1) is 4.80 Å². The molecule has 0 bridgehead atoms. The summed E-state index contributed by atoms with van der Waals surface area (Å²) in [6.45, 7) is 3.50. The molecule has 0 saturated carbocycles. The second-order valence-corrected chi connectivity index (χ2v) is 6.37. The van der Waals surface area contributed by atoms with Crippen molar-refractivity contribution in [1.82, 2.24) is 25.0 Å². The number of hydrogen-bond acceptors (Lipinski definition) is 7. The summed E-state index contributed by atoms with van der Waals surface area (Å²) in [4.78, 5) is 22.1. The van der Waals surface area contributed by atoms with E-state index in [-0.39, 0.29) is 5.02 Å². The van der Waals surface area contributed by atoms with Gasteiger partial charge in [0, 0.05) is 12.7 Å². The lowest BCUT2D eigenvalue weighted by molar-refractivity contribution is 0.120. The fourth-order valence-electron chi connectivity index (χ4n) is 2.66. The van der Waals surface area contributed by atoms with Gasteiger partial charge in [0.2, 0.25) is 0 Å². The van der Waals surface area contributed by atoms with Gasteiger partial charge in [-0.25, -0.2) is 9.78 Å². The van der Waals surface area contributed by atoms with Gasteiger partial charge >= 0.3 is 6.03 Å². The molecular formula is C18H17ClN8O2. The molecule has 0 aliphatic rings. The molecule has 2 amide bonds. The second kappa shape index (κ2) is 8.64. The van der Waals surface area contributed by atoms with Crippen LogP contribution in [0.25, 0.3) is 5.82 Å².